The number of amides is 2. The van der Waals surface area contributed by atoms with Crippen molar-refractivity contribution in [3.8, 4) is 34.0 Å². The van der Waals surface area contributed by atoms with E-state index in [1.54, 1.807) is 14.2 Å². The summed E-state index contributed by atoms with van der Waals surface area (Å²) < 4.78 is 15.8. The van der Waals surface area contributed by atoms with E-state index in [0.29, 0.717) is 36.7 Å². The number of aromatic amines is 1. The lowest BCUT2D eigenvalue weighted by molar-refractivity contribution is -0.142. The highest BCUT2D eigenvalue weighted by Crippen LogP contribution is 2.34. The van der Waals surface area contributed by atoms with Gasteiger partial charge in [-0.1, -0.05) is 42.1 Å². The molecule has 4 N–H and O–H groups in total. The van der Waals surface area contributed by atoms with Gasteiger partial charge >= 0.3 is 12.1 Å². The third-order valence-corrected chi connectivity index (χ3v) is 8.21. The fourth-order valence-electron chi connectivity index (χ4n) is 4.71. The van der Waals surface area contributed by atoms with Crippen molar-refractivity contribution in [3.63, 3.8) is 0 Å². The zero-order valence-electron chi connectivity index (χ0n) is 26.5. The van der Waals surface area contributed by atoms with Crippen molar-refractivity contribution in [3.05, 3.63) is 84.4 Å². The highest BCUT2D eigenvalue weighted by atomic mass is 32.2. The largest absolute Gasteiger partial charge is 0.497 e. The van der Waals surface area contributed by atoms with Crippen molar-refractivity contribution in [2.24, 2.45) is 0 Å². The molecule has 1 aromatic heterocycles. The first kappa shape index (κ1) is 34.9. The van der Waals surface area contributed by atoms with Crippen LogP contribution in [-0.2, 0) is 20.9 Å². The number of hydrogen-bond acceptors (Lipinski definition) is 8. The maximum Gasteiger partial charge on any atom is 0.407 e. The summed E-state index contributed by atoms with van der Waals surface area (Å²) >= 11 is 1.49. The second-order valence-corrected chi connectivity index (χ2v) is 11.7. The van der Waals surface area contributed by atoms with E-state index in [4.69, 9.17) is 19.2 Å². The zero-order chi connectivity index (χ0) is 33.4. The fourth-order valence-corrected chi connectivity index (χ4v) is 5.52. The van der Waals surface area contributed by atoms with Crippen LogP contribution in [0.15, 0.2) is 84.0 Å². The topological polar surface area (TPSA) is 152 Å². The van der Waals surface area contributed by atoms with Crippen LogP contribution < -0.4 is 20.1 Å². The Labute approximate surface area is 278 Å². The van der Waals surface area contributed by atoms with E-state index in [0.717, 1.165) is 39.6 Å². The number of carbonyl (C=O) groups is 3. The molecule has 0 aliphatic heterocycles. The molecule has 2 amide bonds. The number of ether oxygens (including phenoxy) is 3. The van der Waals surface area contributed by atoms with Gasteiger partial charge in [0, 0.05) is 29.8 Å². The molecule has 4 aromatic rings. The summed E-state index contributed by atoms with van der Waals surface area (Å²) in [4.78, 5) is 44.5. The Bertz CT molecular complexity index is 1510. The van der Waals surface area contributed by atoms with Crippen molar-refractivity contribution in [2.45, 2.75) is 49.9 Å². The predicted molar refractivity (Wildman–Crippen MR) is 181 cm³/mol. The summed E-state index contributed by atoms with van der Waals surface area (Å²) in [7, 11) is 3.25. The molecule has 0 fully saturated rings. The van der Waals surface area contributed by atoms with Crippen LogP contribution in [0.5, 0.6) is 11.5 Å². The van der Waals surface area contributed by atoms with Gasteiger partial charge in [-0.3, -0.25) is 4.79 Å². The number of benzene rings is 3. The lowest BCUT2D eigenvalue weighted by atomic mass is 10.0. The number of carbonyl (C=O) groups excluding carboxylic acids is 2. The number of aromatic nitrogens is 2. The van der Waals surface area contributed by atoms with Gasteiger partial charge in [0.1, 0.15) is 24.1 Å². The Morgan fingerprint density at radius 1 is 0.872 bits per heavy atom. The monoisotopic (exact) mass is 660 g/mol. The minimum atomic E-state index is -1.09. The Morgan fingerprint density at radius 2 is 1.53 bits per heavy atom. The number of thioether (sulfide) groups is 1. The van der Waals surface area contributed by atoms with Crippen LogP contribution in [-0.4, -0.2) is 65.6 Å². The minimum absolute atomic E-state index is 0.176. The Balaban J connectivity index is 1.21. The van der Waals surface area contributed by atoms with Crippen molar-refractivity contribution < 1.29 is 33.7 Å². The normalized spacial score (nSPS) is 11.4. The molecule has 12 heteroatoms. The molecule has 0 aliphatic carbocycles. The molecular weight excluding hydrogens is 620 g/mol. The molecule has 0 spiro atoms. The molecule has 47 heavy (non-hydrogen) atoms. The van der Waals surface area contributed by atoms with Gasteiger partial charge in [0.2, 0.25) is 5.91 Å². The average molecular weight is 661 g/mol. The van der Waals surface area contributed by atoms with Crippen molar-refractivity contribution in [2.75, 3.05) is 26.5 Å². The third-order valence-electron chi connectivity index (χ3n) is 7.25. The van der Waals surface area contributed by atoms with Crippen molar-refractivity contribution >= 4 is 29.7 Å². The highest BCUT2D eigenvalue weighted by molar-refractivity contribution is 7.99. The third kappa shape index (κ3) is 11.1. The van der Waals surface area contributed by atoms with E-state index in [2.05, 4.69) is 15.6 Å². The molecule has 0 radical (unpaired) electrons. The molecule has 1 heterocycles. The summed E-state index contributed by atoms with van der Waals surface area (Å²) in [6.07, 6.45) is 1.51. The number of imidazole rings is 1. The molecule has 248 valence electrons. The van der Waals surface area contributed by atoms with Crippen LogP contribution in [0.2, 0.25) is 0 Å². The number of unbranched alkanes of at least 4 members (excludes halogenated alkanes) is 1. The predicted octanol–water partition coefficient (Wildman–Crippen LogP) is 6.30. The maximum absolute atomic E-state index is 12.6. The zero-order valence-corrected chi connectivity index (χ0v) is 27.3. The molecular formula is C35H40N4O7S. The molecule has 0 saturated carbocycles. The van der Waals surface area contributed by atoms with Gasteiger partial charge in [0.05, 0.1) is 25.6 Å². The fraction of sp³-hybridized carbons (Fsp3) is 0.314. The van der Waals surface area contributed by atoms with Crippen LogP contribution in [0.1, 0.15) is 37.7 Å². The van der Waals surface area contributed by atoms with E-state index in [1.165, 1.54) is 11.8 Å². The van der Waals surface area contributed by atoms with Gasteiger partial charge in [-0.2, -0.15) is 0 Å². The SMILES string of the molecule is COc1ccc(-c2nc(SCCCC(=O)N[C@@H](CCCCNC(=O)OCc3ccccc3)C(=O)O)[nH]c2-c2ccc(OC)cc2)cc1. The summed E-state index contributed by atoms with van der Waals surface area (Å²) in [5, 5.41) is 15.6. The second-order valence-electron chi connectivity index (χ2n) is 10.6. The van der Waals surface area contributed by atoms with Gasteiger partial charge in [-0.25, -0.2) is 14.6 Å². The van der Waals surface area contributed by atoms with Crippen LogP contribution in [0.3, 0.4) is 0 Å². The van der Waals surface area contributed by atoms with E-state index in [-0.39, 0.29) is 25.4 Å². The molecule has 0 aliphatic rings. The van der Waals surface area contributed by atoms with Crippen LogP contribution in [0, 0.1) is 0 Å². The summed E-state index contributed by atoms with van der Waals surface area (Å²) in [5.41, 5.74) is 4.43. The van der Waals surface area contributed by atoms with Gasteiger partial charge in [-0.15, -0.1) is 0 Å². The second kappa shape index (κ2) is 18.2. The smallest absolute Gasteiger partial charge is 0.407 e. The number of aliphatic carboxylic acids is 1. The number of H-pyrrole nitrogens is 1. The molecule has 0 bridgehead atoms. The van der Waals surface area contributed by atoms with Crippen LogP contribution >= 0.6 is 11.8 Å². The van der Waals surface area contributed by atoms with E-state index in [9.17, 15) is 19.5 Å². The summed E-state index contributed by atoms with van der Waals surface area (Å²) in [6, 6.07) is 23.8. The molecule has 11 nitrogen and oxygen atoms in total. The number of alkyl carbamates (subject to hydrolysis) is 1. The number of hydrogen-bond donors (Lipinski definition) is 4. The number of nitrogens with zero attached hydrogens (tertiary/aromatic N) is 1. The lowest BCUT2D eigenvalue weighted by Gasteiger charge is -2.14. The van der Waals surface area contributed by atoms with E-state index >= 15 is 0 Å². The van der Waals surface area contributed by atoms with E-state index < -0.39 is 18.1 Å². The van der Waals surface area contributed by atoms with Gasteiger partial charge in [-0.05, 0) is 79.8 Å². The molecule has 3 aromatic carbocycles. The van der Waals surface area contributed by atoms with Crippen molar-refractivity contribution in [1.82, 2.24) is 20.6 Å². The quantitative estimate of drug-likeness (QED) is 0.0712. The number of nitrogens with one attached hydrogen (secondary N) is 3. The number of carboxylic acid groups (broad SMARTS) is 1. The number of rotatable bonds is 18. The average Bonchev–Trinajstić information content (AvgIpc) is 3.53. The van der Waals surface area contributed by atoms with Crippen LogP contribution in [0.4, 0.5) is 4.79 Å². The number of carboxylic acids is 1. The minimum Gasteiger partial charge on any atom is -0.497 e. The highest BCUT2D eigenvalue weighted by Gasteiger charge is 2.20. The maximum atomic E-state index is 12.6. The van der Waals surface area contributed by atoms with Crippen LogP contribution in [0.25, 0.3) is 22.5 Å². The molecule has 0 unspecified atom stereocenters. The molecule has 0 saturated heterocycles. The van der Waals surface area contributed by atoms with Gasteiger partial charge < -0.3 is 34.9 Å². The molecule has 1 atom stereocenters. The number of methoxy groups -OCH3 is 2. The Kier molecular flexibility index (Phi) is 13.5. The van der Waals surface area contributed by atoms with Crippen molar-refractivity contribution in [1.29, 1.82) is 0 Å². The first-order valence-corrected chi connectivity index (χ1v) is 16.3. The van der Waals surface area contributed by atoms with Gasteiger partial charge in [0.15, 0.2) is 5.16 Å². The first-order chi connectivity index (χ1) is 22.9. The molecule has 4 rings (SSSR count). The lowest BCUT2D eigenvalue weighted by Crippen LogP contribution is -2.40. The standard InChI is InChI=1S/C35H40N4O7S/c1-44-27-17-13-25(14-18-27)31-32(26-15-19-28(45-2)20-16-26)39-34(38-31)47-22-8-12-30(40)37-29(33(41)42)11-6-7-21-36-35(43)46-23-24-9-4-3-5-10-24/h3-5,9-10,13-20,29H,6-8,11-12,21-23H2,1-2H3,(H,36,43)(H,37,40)(H,38,39)(H,41,42)/t29-/m0/s1. The summed E-state index contributed by atoms with van der Waals surface area (Å²) in [5.74, 6) is 0.705. The van der Waals surface area contributed by atoms with Gasteiger partial charge in [0.25, 0.3) is 0 Å². The Morgan fingerprint density at radius 3 is 2.17 bits per heavy atom. The summed E-state index contributed by atoms with van der Waals surface area (Å²) in [6.45, 7) is 0.521. The first-order valence-electron chi connectivity index (χ1n) is 15.3. The van der Waals surface area contributed by atoms with E-state index in [1.807, 2.05) is 78.9 Å². The Hall–Kier alpha value is -4.97.